The van der Waals surface area contributed by atoms with Gasteiger partial charge in [0.2, 0.25) is 0 Å². The molecule has 0 radical (unpaired) electrons. The fraction of sp³-hybridized carbons (Fsp3) is 0. The van der Waals surface area contributed by atoms with E-state index >= 15 is 0 Å². The normalized spacial score (nSPS) is 11.4. The Morgan fingerprint density at radius 1 is 0.474 bits per heavy atom. The van der Waals surface area contributed by atoms with Crippen molar-refractivity contribution in [2.45, 2.75) is 0 Å². The van der Waals surface area contributed by atoms with E-state index in [1.165, 1.54) is 35.9 Å². The Morgan fingerprint density at radius 2 is 0.895 bits per heavy atom. The van der Waals surface area contributed by atoms with Gasteiger partial charge in [-0.25, -0.2) is 0 Å². The van der Waals surface area contributed by atoms with Crippen LogP contribution in [0.15, 0.2) is 66.7 Å². The van der Waals surface area contributed by atoms with Crippen LogP contribution in [0.2, 0.25) is 0 Å². The van der Waals surface area contributed by atoms with Gasteiger partial charge < -0.3 is 0 Å². The molecular formula is C18H11I. The zero-order valence-electron chi connectivity index (χ0n) is 10.2. The van der Waals surface area contributed by atoms with Crippen molar-refractivity contribution in [3.63, 3.8) is 0 Å². The van der Waals surface area contributed by atoms with E-state index in [0.717, 1.165) is 0 Å². The van der Waals surface area contributed by atoms with Crippen molar-refractivity contribution in [1.29, 1.82) is 0 Å². The van der Waals surface area contributed by atoms with Crippen LogP contribution in [0.3, 0.4) is 0 Å². The lowest BCUT2D eigenvalue weighted by Crippen LogP contribution is -1.83. The third-order valence-electron chi connectivity index (χ3n) is 3.71. The van der Waals surface area contributed by atoms with Crippen molar-refractivity contribution < 1.29 is 0 Å². The topological polar surface area (TPSA) is 0 Å². The molecule has 0 aromatic heterocycles. The van der Waals surface area contributed by atoms with Crippen LogP contribution in [0.25, 0.3) is 32.3 Å². The van der Waals surface area contributed by atoms with Crippen LogP contribution in [0.4, 0.5) is 0 Å². The highest BCUT2D eigenvalue weighted by Gasteiger charge is 2.07. The summed E-state index contributed by atoms with van der Waals surface area (Å²) in [6, 6.07) is 24.1. The third kappa shape index (κ3) is 1.65. The minimum Gasteiger partial charge on any atom is -0.0616 e. The summed E-state index contributed by atoms with van der Waals surface area (Å²) in [5, 5.41) is 8.05. The fourth-order valence-electron chi connectivity index (χ4n) is 2.88. The molecule has 4 rings (SSSR count). The number of halogens is 1. The Kier molecular flexibility index (Phi) is 2.49. The van der Waals surface area contributed by atoms with E-state index in [4.69, 9.17) is 0 Å². The zero-order valence-corrected chi connectivity index (χ0v) is 12.4. The Bertz CT molecular complexity index is 887. The molecule has 0 aliphatic heterocycles. The second kappa shape index (κ2) is 4.20. The van der Waals surface area contributed by atoms with Crippen molar-refractivity contribution in [2.24, 2.45) is 0 Å². The summed E-state index contributed by atoms with van der Waals surface area (Å²) >= 11 is 2.38. The molecule has 0 aliphatic rings. The molecule has 0 unspecified atom stereocenters. The van der Waals surface area contributed by atoms with Gasteiger partial charge in [0.25, 0.3) is 0 Å². The SMILES string of the molecule is Ic1ccc2c3ccccc3c3ccccc3c2c1. The van der Waals surface area contributed by atoms with Gasteiger partial charge in [-0.2, -0.15) is 0 Å². The molecule has 4 aromatic carbocycles. The van der Waals surface area contributed by atoms with Gasteiger partial charge in [0, 0.05) is 3.57 Å². The predicted octanol–water partition coefficient (Wildman–Crippen LogP) is 5.75. The standard InChI is InChI=1S/C18H11I/c19-12-9-10-17-15-7-2-1-5-13(15)14-6-3-4-8-16(14)18(17)11-12/h1-11H. The first-order valence-corrected chi connectivity index (χ1v) is 7.41. The largest absolute Gasteiger partial charge is 0.0616 e. The quantitative estimate of drug-likeness (QED) is 0.279. The van der Waals surface area contributed by atoms with Gasteiger partial charge in [0.05, 0.1) is 0 Å². The molecule has 0 spiro atoms. The molecule has 0 saturated carbocycles. The molecule has 0 saturated heterocycles. The second-order valence-corrected chi connectivity index (χ2v) is 6.03. The Hall–Kier alpha value is -1.61. The van der Waals surface area contributed by atoms with Gasteiger partial charge in [0.15, 0.2) is 0 Å². The van der Waals surface area contributed by atoms with Crippen molar-refractivity contribution in [3.05, 3.63) is 70.3 Å². The van der Waals surface area contributed by atoms with E-state index in [1.807, 2.05) is 0 Å². The van der Waals surface area contributed by atoms with E-state index in [1.54, 1.807) is 0 Å². The molecule has 4 aromatic rings. The third-order valence-corrected chi connectivity index (χ3v) is 4.38. The number of hydrogen-bond donors (Lipinski definition) is 0. The number of rotatable bonds is 0. The predicted molar refractivity (Wildman–Crippen MR) is 91.7 cm³/mol. The summed E-state index contributed by atoms with van der Waals surface area (Å²) in [4.78, 5) is 0. The average Bonchev–Trinajstić information content (AvgIpc) is 2.47. The summed E-state index contributed by atoms with van der Waals surface area (Å²) in [6.07, 6.45) is 0. The molecule has 0 N–H and O–H groups in total. The second-order valence-electron chi connectivity index (χ2n) is 4.78. The van der Waals surface area contributed by atoms with Gasteiger partial charge in [0.1, 0.15) is 0 Å². The molecular weight excluding hydrogens is 343 g/mol. The van der Waals surface area contributed by atoms with E-state index in [2.05, 4.69) is 89.3 Å². The monoisotopic (exact) mass is 354 g/mol. The fourth-order valence-corrected chi connectivity index (χ4v) is 3.37. The first kappa shape index (κ1) is 11.2. The number of hydrogen-bond acceptors (Lipinski definition) is 0. The van der Waals surface area contributed by atoms with E-state index in [-0.39, 0.29) is 0 Å². The highest BCUT2D eigenvalue weighted by molar-refractivity contribution is 14.1. The highest BCUT2D eigenvalue weighted by Crippen LogP contribution is 2.35. The van der Waals surface area contributed by atoms with Gasteiger partial charge in [-0.05, 0) is 67.0 Å². The van der Waals surface area contributed by atoms with Crippen LogP contribution >= 0.6 is 22.6 Å². The molecule has 0 heterocycles. The Morgan fingerprint density at radius 3 is 1.42 bits per heavy atom. The number of fused-ring (bicyclic) bond motifs is 6. The maximum atomic E-state index is 2.38. The van der Waals surface area contributed by atoms with Crippen molar-refractivity contribution in [1.82, 2.24) is 0 Å². The maximum Gasteiger partial charge on any atom is 0.0136 e. The van der Waals surface area contributed by atoms with E-state index in [0.29, 0.717) is 0 Å². The van der Waals surface area contributed by atoms with Gasteiger partial charge in [-0.3, -0.25) is 0 Å². The van der Waals surface area contributed by atoms with Crippen molar-refractivity contribution >= 4 is 54.9 Å². The molecule has 0 fully saturated rings. The minimum atomic E-state index is 1.28. The average molecular weight is 354 g/mol. The van der Waals surface area contributed by atoms with Crippen LogP contribution in [0.1, 0.15) is 0 Å². The Balaban J connectivity index is 2.43. The van der Waals surface area contributed by atoms with Crippen LogP contribution in [0.5, 0.6) is 0 Å². The van der Waals surface area contributed by atoms with Crippen molar-refractivity contribution in [2.75, 3.05) is 0 Å². The van der Waals surface area contributed by atoms with Crippen LogP contribution in [0, 0.1) is 3.57 Å². The van der Waals surface area contributed by atoms with Crippen LogP contribution in [-0.2, 0) is 0 Å². The van der Waals surface area contributed by atoms with Gasteiger partial charge >= 0.3 is 0 Å². The lowest BCUT2D eigenvalue weighted by Gasteiger charge is -2.10. The molecule has 0 aliphatic carbocycles. The van der Waals surface area contributed by atoms with Gasteiger partial charge in [-0.1, -0.05) is 54.6 Å². The summed E-state index contributed by atoms with van der Waals surface area (Å²) in [7, 11) is 0. The summed E-state index contributed by atoms with van der Waals surface area (Å²) < 4.78 is 1.28. The maximum absolute atomic E-state index is 2.38. The molecule has 0 bridgehead atoms. The van der Waals surface area contributed by atoms with Gasteiger partial charge in [-0.15, -0.1) is 0 Å². The molecule has 0 amide bonds. The summed E-state index contributed by atoms with van der Waals surface area (Å²) in [5.74, 6) is 0. The van der Waals surface area contributed by atoms with Crippen LogP contribution < -0.4 is 0 Å². The molecule has 1 heteroatoms. The lowest BCUT2D eigenvalue weighted by molar-refractivity contribution is 1.73. The molecule has 90 valence electrons. The molecule has 0 nitrogen and oxygen atoms in total. The van der Waals surface area contributed by atoms with E-state index in [9.17, 15) is 0 Å². The molecule has 0 atom stereocenters. The smallest absolute Gasteiger partial charge is 0.0136 e. The highest BCUT2D eigenvalue weighted by atomic mass is 127. The lowest BCUT2D eigenvalue weighted by atomic mass is 9.94. The number of benzene rings is 4. The minimum absolute atomic E-state index is 1.28. The molecule has 19 heavy (non-hydrogen) atoms. The van der Waals surface area contributed by atoms with E-state index < -0.39 is 0 Å². The van der Waals surface area contributed by atoms with Crippen molar-refractivity contribution in [3.8, 4) is 0 Å². The van der Waals surface area contributed by atoms with Crippen LogP contribution in [-0.4, -0.2) is 0 Å². The Labute approximate surface area is 125 Å². The first-order valence-electron chi connectivity index (χ1n) is 6.33. The first-order chi connectivity index (χ1) is 9.34. The summed E-state index contributed by atoms with van der Waals surface area (Å²) in [5.41, 5.74) is 0. The summed E-state index contributed by atoms with van der Waals surface area (Å²) in [6.45, 7) is 0. The zero-order chi connectivity index (χ0) is 12.8.